The lowest BCUT2D eigenvalue weighted by atomic mass is 10.0. The number of hydrogen-bond donors (Lipinski definition) is 0. The van der Waals surface area contributed by atoms with E-state index in [9.17, 15) is 4.79 Å². The Morgan fingerprint density at radius 3 is 1.67 bits per heavy atom. The number of carbonyl (C=O) groups is 1. The summed E-state index contributed by atoms with van der Waals surface area (Å²) in [6.45, 7) is 5.78. The molecule has 0 N–H and O–H groups in total. The number of unbranched alkanes of at least 4 members (excludes halogenated alkanes) is 11. The van der Waals surface area contributed by atoms with Gasteiger partial charge in [-0.2, -0.15) is 0 Å². The maximum Gasteiger partial charge on any atom is 0.222 e. The molecular formula is C22H41NO. The minimum Gasteiger partial charge on any atom is -0.343 e. The van der Waals surface area contributed by atoms with E-state index in [1.807, 2.05) is 6.08 Å². The minimum atomic E-state index is 0.411. The number of likely N-dealkylation sites (tertiary alicyclic amines) is 1. The second-order valence-electron chi connectivity index (χ2n) is 7.51. The van der Waals surface area contributed by atoms with Crippen LogP contribution in [0.1, 0.15) is 109 Å². The summed E-state index contributed by atoms with van der Waals surface area (Å²) in [6, 6.07) is 0. The molecule has 1 heterocycles. The molecule has 0 spiro atoms. The van der Waals surface area contributed by atoms with E-state index in [1.54, 1.807) is 0 Å². The lowest BCUT2D eigenvalue weighted by Crippen LogP contribution is -2.31. The van der Waals surface area contributed by atoms with Gasteiger partial charge in [-0.05, 0) is 32.1 Å². The summed E-state index contributed by atoms with van der Waals surface area (Å²) in [5.41, 5.74) is 0. The first-order chi connectivity index (χ1) is 11.8. The Morgan fingerprint density at radius 2 is 1.17 bits per heavy atom. The van der Waals surface area contributed by atoms with Gasteiger partial charge in [0, 0.05) is 19.5 Å². The number of allylic oxidation sites excluding steroid dienone is 1. The van der Waals surface area contributed by atoms with Gasteiger partial charge in [0.2, 0.25) is 5.91 Å². The summed E-state index contributed by atoms with van der Waals surface area (Å²) in [5.74, 6) is 0.411. The lowest BCUT2D eigenvalue weighted by Gasteiger charge is -2.20. The quantitative estimate of drug-likeness (QED) is 0.257. The summed E-state index contributed by atoms with van der Waals surface area (Å²) < 4.78 is 0. The third-order valence-electron chi connectivity index (χ3n) is 5.26. The van der Waals surface area contributed by atoms with Crippen LogP contribution in [-0.2, 0) is 4.79 Å². The Bertz CT molecular complexity index is 305. The van der Waals surface area contributed by atoms with Gasteiger partial charge in [0.1, 0.15) is 0 Å². The number of amides is 1. The fourth-order valence-electron chi connectivity index (χ4n) is 3.63. The van der Waals surface area contributed by atoms with E-state index in [2.05, 4.69) is 11.5 Å². The molecule has 0 aromatic carbocycles. The molecule has 1 amide bonds. The van der Waals surface area contributed by atoms with Crippen LogP contribution in [-0.4, -0.2) is 23.9 Å². The minimum absolute atomic E-state index is 0.411. The predicted molar refractivity (Wildman–Crippen MR) is 105 cm³/mol. The van der Waals surface area contributed by atoms with Gasteiger partial charge in [-0.3, -0.25) is 4.79 Å². The summed E-state index contributed by atoms with van der Waals surface area (Å²) in [7, 11) is 0. The average molecular weight is 336 g/mol. The van der Waals surface area contributed by atoms with Crippen LogP contribution in [0.4, 0.5) is 0 Å². The predicted octanol–water partition coefficient (Wildman–Crippen LogP) is 6.65. The number of rotatable bonds is 14. The van der Waals surface area contributed by atoms with Crippen LogP contribution >= 0.6 is 0 Å². The van der Waals surface area contributed by atoms with Crippen molar-refractivity contribution in [3.63, 3.8) is 0 Å². The second-order valence-corrected chi connectivity index (χ2v) is 7.51. The van der Waals surface area contributed by atoms with Gasteiger partial charge in [-0.1, -0.05) is 76.7 Å². The molecule has 0 aliphatic carbocycles. The maximum atomic E-state index is 12.2. The third-order valence-corrected chi connectivity index (χ3v) is 5.26. The highest BCUT2D eigenvalue weighted by molar-refractivity contribution is 5.76. The first-order valence-corrected chi connectivity index (χ1v) is 10.7. The van der Waals surface area contributed by atoms with Crippen molar-refractivity contribution in [1.82, 2.24) is 4.90 Å². The Morgan fingerprint density at radius 1 is 0.708 bits per heavy atom. The van der Waals surface area contributed by atoms with Gasteiger partial charge in [0.05, 0.1) is 0 Å². The molecule has 1 aliphatic heterocycles. The Hall–Kier alpha value is -0.790. The fraction of sp³-hybridized carbons (Fsp3) is 0.864. The molecule has 1 rings (SSSR count). The van der Waals surface area contributed by atoms with Crippen molar-refractivity contribution < 1.29 is 4.79 Å². The normalized spacial score (nSPS) is 15.2. The van der Waals surface area contributed by atoms with Crippen molar-refractivity contribution in [3.8, 4) is 0 Å². The summed E-state index contributed by atoms with van der Waals surface area (Å²) in [5, 5.41) is 0. The highest BCUT2D eigenvalue weighted by Gasteiger charge is 2.14. The van der Waals surface area contributed by atoms with E-state index < -0.39 is 0 Å². The Balaban J connectivity index is 1.81. The SMILES string of the molecule is C=CCCCCCCCCCCCCCC(=O)N1CCCCCC1. The van der Waals surface area contributed by atoms with Gasteiger partial charge in [0.25, 0.3) is 0 Å². The average Bonchev–Trinajstić information content (AvgIpc) is 2.88. The van der Waals surface area contributed by atoms with Gasteiger partial charge < -0.3 is 4.90 Å². The Labute approximate surface area is 151 Å². The molecule has 0 aromatic heterocycles. The molecule has 0 saturated carbocycles. The van der Waals surface area contributed by atoms with Crippen molar-refractivity contribution in [2.45, 2.75) is 109 Å². The van der Waals surface area contributed by atoms with Gasteiger partial charge in [-0.25, -0.2) is 0 Å². The first kappa shape index (κ1) is 21.3. The number of hydrogen-bond acceptors (Lipinski definition) is 1. The molecule has 1 aliphatic rings. The van der Waals surface area contributed by atoms with Gasteiger partial charge in [0.15, 0.2) is 0 Å². The van der Waals surface area contributed by atoms with E-state index >= 15 is 0 Å². The second kappa shape index (κ2) is 15.7. The molecule has 2 heteroatoms. The van der Waals surface area contributed by atoms with Crippen molar-refractivity contribution in [1.29, 1.82) is 0 Å². The molecule has 0 radical (unpaired) electrons. The van der Waals surface area contributed by atoms with Crippen molar-refractivity contribution in [2.24, 2.45) is 0 Å². The van der Waals surface area contributed by atoms with Crippen molar-refractivity contribution in [3.05, 3.63) is 12.7 Å². The standard InChI is InChI=1S/C22H41NO/c1-2-3-4-5-6-7-8-9-10-11-12-13-16-19-22(24)23-20-17-14-15-18-21-23/h2H,1,3-21H2. The van der Waals surface area contributed by atoms with E-state index in [-0.39, 0.29) is 0 Å². The first-order valence-electron chi connectivity index (χ1n) is 10.7. The largest absolute Gasteiger partial charge is 0.343 e. The monoisotopic (exact) mass is 335 g/mol. The van der Waals surface area contributed by atoms with E-state index in [0.717, 1.165) is 25.9 Å². The molecule has 1 fully saturated rings. The van der Waals surface area contributed by atoms with Crippen LogP contribution < -0.4 is 0 Å². The summed E-state index contributed by atoms with van der Waals surface area (Å²) in [6.07, 6.45) is 23.7. The summed E-state index contributed by atoms with van der Waals surface area (Å²) >= 11 is 0. The van der Waals surface area contributed by atoms with Crippen LogP contribution in [0.3, 0.4) is 0 Å². The van der Waals surface area contributed by atoms with E-state index in [4.69, 9.17) is 0 Å². The zero-order chi connectivity index (χ0) is 17.3. The lowest BCUT2D eigenvalue weighted by molar-refractivity contribution is -0.131. The van der Waals surface area contributed by atoms with Crippen LogP contribution in [0.2, 0.25) is 0 Å². The van der Waals surface area contributed by atoms with E-state index in [1.165, 1.54) is 96.3 Å². The smallest absolute Gasteiger partial charge is 0.222 e. The van der Waals surface area contributed by atoms with Crippen molar-refractivity contribution >= 4 is 5.91 Å². The molecule has 1 saturated heterocycles. The van der Waals surface area contributed by atoms with Crippen molar-refractivity contribution in [2.75, 3.05) is 13.1 Å². The summed E-state index contributed by atoms with van der Waals surface area (Å²) in [4.78, 5) is 14.3. The number of nitrogens with zero attached hydrogens (tertiary/aromatic N) is 1. The molecule has 140 valence electrons. The zero-order valence-corrected chi connectivity index (χ0v) is 16.1. The molecule has 0 bridgehead atoms. The number of carbonyl (C=O) groups excluding carboxylic acids is 1. The van der Waals surface area contributed by atoms with Crippen LogP contribution in [0.25, 0.3) is 0 Å². The molecule has 0 aromatic rings. The zero-order valence-electron chi connectivity index (χ0n) is 16.1. The molecule has 2 nitrogen and oxygen atoms in total. The molecule has 0 atom stereocenters. The highest BCUT2D eigenvalue weighted by Crippen LogP contribution is 2.14. The molecule has 0 unspecified atom stereocenters. The maximum absolute atomic E-state index is 12.2. The molecular weight excluding hydrogens is 294 g/mol. The van der Waals surface area contributed by atoms with Crippen LogP contribution in [0.5, 0.6) is 0 Å². The van der Waals surface area contributed by atoms with Gasteiger partial charge >= 0.3 is 0 Å². The highest BCUT2D eigenvalue weighted by atomic mass is 16.2. The third kappa shape index (κ3) is 11.7. The van der Waals surface area contributed by atoms with Crippen LogP contribution in [0.15, 0.2) is 12.7 Å². The Kier molecular flexibility index (Phi) is 13.9. The van der Waals surface area contributed by atoms with E-state index in [0.29, 0.717) is 5.91 Å². The molecule has 24 heavy (non-hydrogen) atoms. The van der Waals surface area contributed by atoms with Crippen LogP contribution in [0, 0.1) is 0 Å². The topological polar surface area (TPSA) is 20.3 Å². The van der Waals surface area contributed by atoms with Gasteiger partial charge in [-0.15, -0.1) is 6.58 Å². The fourth-order valence-corrected chi connectivity index (χ4v) is 3.63.